The average molecular weight is 393 g/mol. The average Bonchev–Trinajstić information content (AvgIpc) is 3.16. The molecule has 1 aliphatic rings. The Bertz CT molecular complexity index is 1020. The Hall–Kier alpha value is -2.92. The van der Waals surface area contributed by atoms with Gasteiger partial charge in [0.15, 0.2) is 5.82 Å². The smallest absolute Gasteiger partial charge is 0.217 e. The van der Waals surface area contributed by atoms with Crippen LogP contribution in [-0.4, -0.2) is 15.9 Å². The highest BCUT2D eigenvalue weighted by Crippen LogP contribution is 2.31. The summed E-state index contributed by atoms with van der Waals surface area (Å²) in [6.45, 7) is 0. The van der Waals surface area contributed by atoms with Gasteiger partial charge in [-0.05, 0) is 55.5 Å². The third-order valence-electron chi connectivity index (χ3n) is 4.89. The van der Waals surface area contributed by atoms with Gasteiger partial charge >= 0.3 is 0 Å². The van der Waals surface area contributed by atoms with Crippen LogP contribution in [0.4, 0.5) is 11.5 Å². The molecular formula is C22H21ClN4O. The van der Waals surface area contributed by atoms with E-state index in [1.807, 2.05) is 48.5 Å². The standard InChI is InChI=1S/C22H21ClN4O/c23-16-4-1-3-15(13-16)21-26-19-6-2-5-18(19)22(27-21)25-17-10-7-14(8-11-17)9-12-20(24)28/h1,3-4,7-8,10-11,13H,2,5-6,9,12H2,(H2,24,28)(H,25,26,27). The number of hydrogen-bond acceptors (Lipinski definition) is 4. The Morgan fingerprint density at radius 3 is 2.68 bits per heavy atom. The summed E-state index contributed by atoms with van der Waals surface area (Å²) in [5, 5.41) is 4.11. The van der Waals surface area contributed by atoms with Gasteiger partial charge in [0.05, 0.1) is 0 Å². The molecule has 1 aromatic heterocycles. The molecule has 28 heavy (non-hydrogen) atoms. The van der Waals surface area contributed by atoms with Crippen molar-refractivity contribution >= 4 is 29.0 Å². The number of primary amides is 1. The Morgan fingerprint density at radius 1 is 1.11 bits per heavy atom. The van der Waals surface area contributed by atoms with Crippen molar-refractivity contribution in [3.8, 4) is 11.4 Å². The van der Waals surface area contributed by atoms with Crippen molar-refractivity contribution in [3.63, 3.8) is 0 Å². The molecule has 3 aromatic rings. The lowest BCUT2D eigenvalue weighted by Gasteiger charge is -2.13. The Balaban J connectivity index is 1.61. The first-order chi connectivity index (χ1) is 13.6. The van der Waals surface area contributed by atoms with Crippen LogP contribution in [0.3, 0.4) is 0 Å². The number of carbonyl (C=O) groups is 1. The molecule has 6 heteroatoms. The van der Waals surface area contributed by atoms with E-state index in [1.165, 1.54) is 5.56 Å². The summed E-state index contributed by atoms with van der Waals surface area (Å²) in [6, 6.07) is 15.6. The van der Waals surface area contributed by atoms with E-state index in [-0.39, 0.29) is 5.91 Å². The maximum Gasteiger partial charge on any atom is 0.217 e. The Labute approximate surface area is 169 Å². The van der Waals surface area contributed by atoms with Crippen molar-refractivity contribution in [2.45, 2.75) is 32.1 Å². The van der Waals surface area contributed by atoms with Crippen LogP contribution in [0.25, 0.3) is 11.4 Å². The summed E-state index contributed by atoms with van der Waals surface area (Å²) in [5.41, 5.74) is 10.4. The normalized spacial score (nSPS) is 12.6. The topological polar surface area (TPSA) is 80.9 Å². The molecule has 0 unspecified atom stereocenters. The molecular weight excluding hydrogens is 372 g/mol. The number of hydrogen-bond donors (Lipinski definition) is 2. The molecule has 0 saturated heterocycles. The zero-order chi connectivity index (χ0) is 19.5. The molecule has 0 radical (unpaired) electrons. The zero-order valence-electron chi connectivity index (χ0n) is 15.4. The second kappa shape index (κ2) is 7.98. The highest BCUT2D eigenvalue weighted by atomic mass is 35.5. The highest BCUT2D eigenvalue weighted by Gasteiger charge is 2.20. The fraction of sp³-hybridized carbons (Fsp3) is 0.227. The van der Waals surface area contributed by atoms with Crippen molar-refractivity contribution in [3.05, 3.63) is 70.4 Å². The van der Waals surface area contributed by atoms with Crippen LogP contribution in [0.5, 0.6) is 0 Å². The number of nitrogens with zero attached hydrogens (tertiary/aromatic N) is 2. The number of benzene rings is 2. The van der Waals surface area contributed by atoms with Gasteiger partial charge in [-0.2, -0.15) is 0 Å². The minimum absolute atomic E-state index is 0.285. The van der Waals surface area contributed by atoms with Crippen molar-refractivity contribution in [2.75, 3.05) is 5.32 Å². The molecule has 2 aromatic carbocycles. The number of fused-ring (bicyclic) bond motifs is 1. The second-order valence-electron chi connectivity index (χ2n) is 6.97. The SMILES string of the molecule is NC(=O)CCc1ccc(Nc2nc(-c3cccc(Cl)c3)nc3c2CCC3)cc1. The molecule has 0 bridgehead atoms. The summed E-state index contributed by atoms with van der Waals surface area (Å²) in [7, 11) is 0. The summed E-state index contributed by atoms with van der Waals surface area (Å²) in [5.74, 6) is 1.25. The first-order valence-electron chi connectivity index (χ1n) is 9.38. The second-order valence-corrected chi connectivity index (χ2v) is 7.41. The van der Waals surface area contributed by atoms with Crippen LogP contribution < -0.4 is 11.1 Å². The van der Waals surface area contributed by atoms with Gasteiger partial charge in [-0.25, -0.2) is 9.97 Å². The fourth-order valence-corrected chi connectivity index (χ4v) is 3.64. The van der Waals surface area contributed by atoms with E-state index in [0.29, 0.717) is 23.7 Å². The van der Waals surface area contributed by atoms with Gasteiger partial charge < -0.3 is 11.1 Å². The number of aryl methyl sites for hydroxylation is 2. The van der Waals surface area contributed by atoms with E-state index in [2.05, 4.69) is 5.32 Å². The molecule has 142 valence electrons. The van der Waals surface area contributed by atoms with E-state index in [4.69, 9.17) is 27.3 Å². The molecule has 0 spiro atoms. The van der Waals surface area contributed by atoms with Crippen LogP contribution in [0, 0.1) is 0 Å². The summed E-state index contributed by atoms with van der Waals surface area (Å²) in [4.78, 5) is 20.5. The lowest BCUT2D eigenvalue weighted by molar-refractivity contribution is -0.117. The van der Waals surface area contributed by atoms with E-state index >= 15 is 0 Å². The third kappa shape index (κ3) is 4.15. The maximum atomic E-state index is 10.9. The zero-order valence-corrected chi connectivity index (χ0v) is 16.2. The highest BCUT2D eigenvalue weighted by molar-refractivity contribution is 6.30. The molecule has 0 fully saturated rings. The predicted molar refractivity (Wildman–Crippen MR) is 112 cm³/mol. The number of nitrogens with one attached hydrogen (secondary N) is 1. The molecule has 0 aliphatic heterocycles. The molecule has 4 rings (SSSR count). The van der Waals surface area contributed by atoms with Crippen LogP contribution in [0.2, 0.25) is 5.02 Å². The van der Waals surface area contributed by atoms with Crippen molar-refractivity contribution in [1.29, 1.82) is 0 Å². The largest absolute Gasteiger partial charge is 0.370 e. The van der Waals surface area contributed by atoms with E-state index in [1.54, 1.807) is 0 Å². The molecule has 1 heterocycles. The number of amides is 1. The number of rotatable bonds is 6. The Kier molecular flexibility index (Phi) is 5.26. The third-order valence-corrected chi connectivity index (χ3v) is 5.13. The number of halogens is 1. The van der Waals surface area contributed by atoms with Crippen LogP contribution in [-0.2, 0) is 24.1 Å². The number of nitrogens with two attached hydrogens (primary N) is 1. The summed E-state index contributed by atoms with van der Waals surface area (Å²) in [6.07, 6.45) is 4.03. The minimum Gasteiger partial charge on any atom is -0.370 e. The lowest BCUT2D eigenvalue weighted by Crippen LogP contribution is -2.11. The van der Waals surface area contributed by atoms with Gasteiger partial charge in [0, 0.05) is 34.0 Å². The van der Waals surface area contributed by atoms with Gasteiger partial charge in [0.25, 0.3) is 0 Å². The van der Waals surface area contributed by atoms with Crippen molar-refractivity contribution in [2.24, 2.45) is 5.73 Å². The minimum atomic E-state index is -0.285. The van der Waals surface area contributed by atoms with Crippen molar-refractivity contribution in [1.82, 2.24) is 9.97 Å². The first-order valence-corrected chi connectivity index (χ1v) is 9.76. The van der Waals surface area contributed by atoms with Gasteiger partial charge in [0.2, 0.25) is 5.91 Å². The lowest BCUT2D eigenvalue weighted by atomic mass is 10.1. The fourth-order valence-electron chi connectivity index (χ4n) is 3.45. The van der Waals surface area contributed by atoms with E-state index in [9.17, 15) is 4.79 Å². The van der Waals surface area contributed by atoms with Crippen LogP contribution in [0.1, 0.15) is 29.7 Å². The summed E-state index contributed by atoms with van der Waals surface area (Å²) < 4.78 is 0. The van der Waals surface area contributed by atoms with Gasteiger partial charge in [-0.1, -0.05) is 35.9 Å². The van der Waals surface area contributed by atoms with Gasteiger partial charge in [-0.3, -0.25) is 4.79 Å². The quantitative estimate of drug-likeness (QED) is 0.649. The molecule has 1 aliphatic carbocycles. The van der Waals surface area contributed by atoms with Gasteiger partial charge in [-0.15, -0.1) is 0 Å². The Morgan fingerprint density at radius 2 is 1.93 bits per heavy atom. The number of carbonyl (C=O) groups excluding carboxylic acids is 1. The molecule has 0 atom stereocenters. The molecule has 5 nitrogen and oxygen atoms in total. The van der Waals surface area contributed by atoms with E-state index in [0.717, 1.165) is 47.6 Å². The molecule has 0 saturated carbocycles. The monoisotopic (exact) mass is 392 g/mol. The molecule has 1 amide bonds. The van der Waals surface area contributed by atoms with Crippen LogP contribution in [0.15, 0.2) is 48.5 Å². The van der Waals surface area contributed by atoms with Gasteiger partial charge in [0.1, 0.15) is 5.82 Å². The maximum absolute atomic E-state index is 10.9. The van der Waals surface area contributed by atoms with Crippen LogP contribution >= 0.6 is 11.6 Å². The first kappa shape index (κ1) is 18.4. The predicted octanol–water partition coefficient (Wildman–Crippen LogP) is 4.45. The number of anilines is 2. The molecule has 3 N–H and O–H groups in total. The van der Waals surface area contributed by atoms with Crippen molar-refractivity contribution < 1.29 is 4.79 Å². The summed E-state index contributed by atoms with van der Waals surface area (Å²) >= 11 is 6.14. The number of aromatic nitrogens is 2. The van der Waals surface area contributed by atoms with E-state index < -0.39 is 0 Å².